The van der Waals surface area contributed by atoms with E-state index in [1.54, 1.807) is 6.08 Å². The lowest BCUT2D eigenvalue weighted by Gasteiger charge is -1.85. The molecule has 1 aliphatic rings. The Morgan fingerprint density at radius 2 is 2.11 bits per heavy atom. The maximum Gasteiger partial charge on any atom is 0.119 e. The SMILES string of the molecule is CC.CC1=CC(F)CC1. The zero-order chi connectivity index (χ0) is 7.28. The van der Waals surface area contributed by atoms with E-state index in [4.69, 9.17) is 0 Å². The average Bonchev–Trinajstić information content (AvgIpc) is 2.20. The van der Waals surface area contributed by atoms with Gasteiger partial charge in [0.2, 0.25) is 0 Å². The predicted octanol–water partition coefficient (Wildman–Crippen LogP) is 3.09. The van der Waals surface area contributed by atoms with Crippen LogP contribution in [0.3, 0.4) is 0 Å². The van der Waals surface area contributed by atoms with Gasteiger partial charge < -0.3 is 0 Å². The Hall–Kier alpha value is -0.330. The van der Waals surface area contributed by atoms with Crippen LogP contribution >= 0.6 is 0 Å². The number of rotatable bonds is 0. The lowest BCUT2D eigenvalue weighted by molar-refractivity contribution is 0.395. The molecule has 54 valence electrons. The van der Waals surface area contributed by atoms with E-state index >= 15 is 0 Å². The maximum atomic E-state index is 12.1. The van der Waals surface area contributed by atoms with Gasteiger partial charge in [0, 0.05) is 0 Å². The second-order valence-corrected chi connectivity index (χ2v) is 2.07. The average molecular weight is 130 g/mol. The topological polar surface area (TPSA) is 0 Å². The van der Waals surface area contributed by atoms with Crippen molar-refractivity contribution in [2.24, 2.45) is 0 Å². The summed E-state index contributed by atoms with van der Waals surface area (Å²) in [6.45, 7) is 5.97. The minimum Gasteiger partial charge on any atom is -0.243 e. The predicted molar refractivity (Wildman–Crippen MR) is 39.2 cm³/mol. The third kappa shape index (κ3) is 3.28. The summed E-state index contributed by atoms with van der Waals surface area (Å²) >= 11 is 0. The fourth-order valence-corrected chi connectivity index (χ4v) is 0.841. The highest BCUT2D eigenvalue weighted by atomic mass is 19.1. The molecule has 0 radical (unpaired) electrons. The third-order valence-corrected chi connectivity index (χ3v) is 1.28. The molecule has 1 atom stereocenters. The van der Waals surface area contributed by atoms with E-state index < -0.39 is 6.17 Å². The van der Waals surface area contributed by atoms with Crippen LogP contribution in [0.1, 0.15) is 33.6 Å². The van der Waals surface area contributed by atoms with E-state index in [0.717, 1.165) is 6.42 Å². The van der Waals surface area contributed by atoms with Gasteiger partial charge in [-0.05, 0) is 19.8 Å². The number of hydrogen-bond acceptors (Lipinski definition) is 0. The molecular formula is C8H15F. The Kier molecular flexibility index (Phi) is 4.37. The van der Waals surface area contributed by atoms with Crippen molar-refractivity contribution in [2.45, 2.75) is 39.8 Å². The van der Waals surface area contributed by atoms with E-state index in [1.165, 1.54) is 5.57 Å². The number of halogens is 1. The summed E-state index contributed by atoms with van der Waals surface area (Å²) in [6.07, 6.45) is 2.73. The summed E-state index contributed by atoms with van der Waals surface area (Å²) in [6, 6.07) is 0. The molecule has 1 rings (SSSR count). The minimum absolute atomic E-state index is 0.639. The van der Waals surface area contributed by atoms with Crippen LogP contribution in [0.5, 0.6) is 0 Å². The molecule has 0 aliphatic heterocycles. The summed E-state index contributed by atoms with van der Waals surface area (Å²) in [5.74, 6) is 0. The highest BCUT2D eigenvalue weighted by molar-refractivity contribution is 5.08. The first-order chi connectivity index (χ1) is 4.29. The summed E-state index contributed by atoms with van der Waals surface area (Å²) in [7, 11) is 0. The molecule has 1 unspecified atom stereocenters. The molecule has 9 heavy (non-hydrogen) atoms. The molecule has 0 heterocycles. The first-order valence-corrected chi connectivity index (χ1v) is 3.60. The highest BCUT2D eigenvalue weighted by Crippen LogP contribution is 2.19. The van der Waals surface area contributed by atoms with Crippen LogP contribution in [0, 0.1) is 0 Å². The van der Waals surface area contributed by atoms with Gasteiger partial charge in [-0.15, -0.1) is 0 Å². The Labute approximate surface area is 56.8 Å². The molecule has 1 heteroatoms. The zero-order valence-corrected chi connectivity index (χ0v) is 6.45. The van der Waals surface area contributed by atoms with Crippen molar-refractivity contribution in [3.63, 3.8) is 0 Å². The summed E-state index contributed by atoms with van der Waals surface area (Å²) in [5, 5.41) is 0. The van der Waals surface area contributed by atoms with Gasteiger partial charge in [-0.25, -0.2) is 4.39 Å². The van der Waals surface area contributed by atoms with Crippen molar-refractivity contribution in [2.75, 3.05) is 0 Å². The van der Waals surface area contributed by atoms with Gasteiger partial charge in [0.15, 0.2) is 0 Å². The van der Waals surface area contributed by atoms with E-state index in [2.05, 4.69) is 0 Å². The van der Waals surface area contributed by atoms with E-state index in [-0.39, 0.29) is 0 Å². The van der Waals surface area contributed by atoms with Crippen LogP contribution < -0.4 is 0 Å². The van der Waals surface area contributed by atoms with Crippen LogP contribution in [0.25, 0.3) is 0 Å². The molecule has 0 bridgehead atoms. The largest absolute Gasteiger partial charge is 0.243 e. The fourth-order valence-electron chi connectivity index (χ4n) is 0.841. The number of alkyl halides is 1. The van der Waals surface area contributed by atoms with Crippen LogP contribution in [-0.2, 0) is 0 Å². The molecule has 0 N–H and O–H groups in total. The molecule has 0 aromatic rings. The van der Waals surface area contributed by atoms with Gasteiger partial charge in [-0.3, -0.25) is 0 Å². The standard InChI is InChI=1S/C6H9F.C2H6/c1-5-2-3-6(7)4-5;1-2/h4,6H,2-3H2,1H3;1-2H3. The Balaban J connectivity index is 0.000000291. The Bertz CT molecular complexity index is 94.7. The third-order valence-electron chi connectivity index (χ3n) is 1.28. The number of allylic oxidation sites excluding steroid dienone is 2. The van der Waals surface area contributed by atoms with E-state index in [9.17, 15) is 4.39 Å². The summed E-state index contributed by atoms with van der Waals surface area (Å²) in [5.41, 5.74) is 1.20. The monoisotopic (exact) mass is 130 g/mol. The van der Waals surface area contributed by atoms with Crippen LogP contribution in [0.4, 0.5) is 4.39 Å². The van der Waals surface area contributed by atoms with Gasteiger partial charge in [0.1, 0.15) is 6.17 Å². The van der Waals surface area contributed by atoms with Crippen molar-refractivity contribution in [1.82, 2.24) is 0 Å². The molecule has 0 saturated carbocycles. The highest BCUT2D eigenvalue weighted by Gasteiger charge is 2.09. The van der Waals surface area contributed by atoms with Crippen LogP contribution in [0.2, 0.25) is 0 Å². The van der Waals surface area contributed by atoms with Gasteiger partial charge in [-0.1, -0.05) is 25.5 Å². The maximum absolute atomic E-state index is 12.1. The van der Waals surface area contributed by atoms with Crippen LogP contribution in [0.15, 0.2) is 11.6 Å². The zero-order valence-electron chi connectivity index (χ0n) is 6.45. The normalized spacial score (nSPS) is 24.4. The lowest BCUT2D eigenvalue weighted by atomic mass is 10.3. The fraction of sp³-hybridized carbons (Fsp3) is 0.750. The molecule has 0 fully saturated rings. The molecule has 0 aromatic carbocycles. The minimum atomic E-state index is -0.639. The molecule has 0 nitrogen and oxygen atoms in total. The first kappa shape index (κ1) is 8.67. The van der Waals surface area contributed by atoms with E-state index in [0.29, 0.717) is 6.42 Å². The number of hydrogen-bond donors (Lipinski definition) is 0. The molecular weight excluding hydrogens is 115 g/mol. The molecule has 0 aromatic heterocycles. The lowest BCUT2D eigenvalue weighted by Crippen LogP contribution is -1.83. The van der Waals surface area contributed by atoms with Gasteiger partial charge in [0.25, 0.3) is 0 Å². The van der Waals surface area contributed by atoms with Crippen molar-refractivity contribution in [1.29, 1.82) is 0 Å². The molecule has 0 saturated heterocycles. The van der Waals surface area contributed by atoms with E-state index in [1.807, 2.05) is 20.8 Å². The van der Waals surface area contributed by atoms with Crippen LogP contribution in [-0.4, -0.2) is 6.17 Å². The van der Waals surface area contributed by atoms with Crippen molar-refractivity contribution in [3.05, 3.63) is 11.6 Å². The van der Waals surface area contributed by atoms with Gasteiger partial charge >= 0.3 is 0 Å². The Morgan fingerprint density at radius 3 is 2.22 bits per heavy atom. The second-order valence-electron chi connectivity index (χ2n) is 2.07. The van der Waals surface area contributed by atoms with Gasteiger partial charge in [-0.2, -0.15) is 0 Å². The van der Waals surface area contributed by atoms with Crippen molar-refractivity contribution < 1.29 is 4.39 Å². The second kappa shape index (κ2) is 4.54. The Morgan fingerprint density at radius 1 is 1.56 bits per heavy atom. The molecule has 1 aliphatic carbocycles. The van der Waals surface area contributed by atoms with Gasteiger partial charge in [0.05, 0.1) is 0 Å². The molecule has 0 amide bonds. The smallest absolute Gasteiger partial charge is 0.119 e. The quantitative estimate of drug-likeness (QED) is 0.442. The summed E-state index contributed by atoms with van der Waals surface area (Å²) < 4.78 is 12.1. The summed E-state index contributed by atoms with van der Waals surface area (Å²) in [4.78, 5) is 0. The van der Waals surface area contributed by atoms with Crippen molar-refractivity contribution in [3.8, 4) is 0 Å². The first-order valence-electron chi connectivity index (χ1n) is 3.60. The van der Waals surface area contributed by atoms with Crippen molar-refractivity contribution >= 4 is 0 Å². The molecule has 0 spiro atoms.